The van der Waals surface area contributed by atoms with Crippen LogP contribution in [0.5, 0.6) is 0 Å². The second-order valence-electron chi connectivity index (χ2n) is 6.50. The van der Waals surface area contributed by atoms with Gasteiger partial charge in [-0.1, -0.05) is 33.1 Å². The number of nitrogens with two attached hydrogens (primary N) is 1. The van der Waals surface area contributed by atoms with Gasteiger partial charge in [0.1, 0.15) is 0 Å². The number of aliphatic hydroxyl groups is 1. The van der Waals surface area contributed by atoms with Crippen LogP contribution in [0.3, 0.4) is 0 Å². The van der Waals surface area contributed by atoms with Crippen molar-refractivity contribution < 1.29 is 9.90 Å². The molecule has 1 fully saturated rings. The number of carbonyl (C=O) groups is 1. The summed E-state index contributed by atoms with van der Waals surface area (Å²) in [6.45, 7) is 5.23. The van der Waals surface area contributed by atoms with Gasteiger partial charge >= 0.3 is 0 Å². The summed E-state index contributed by atoms with van der Waals surface area (Å²) in [6, 6.07) is 0. The molecule has 0 aromatic carbocycles. The molecular weight excluding hydrogens is 240 g/mol. The second-order valence-corrected chi connectivity index (χ2v) is 6.50. The molecule has 112 valence electrons. The Morgan fingerprint density at radius 2 is 1.95 bits per heavy atom. The van der Waals surface area contributed by atoms with Crippen molar-refractivity contribution in [2.24, 2.45) is 17.6 Å². The minimum atomic E-state index is -0.676. The lowest BCUT2D eigenvalue weighted by Crippen LogP contribution is -2.44. The van der Waals surface area contributed by atoms with Gasteiger partial charge in [-0.15, -0.1) is 0 Å². The molecule has 0 bridgehead atoms. The third kappa shape index (κ3) is 6.39. The summed E-state index contributed by atoms with van der Waals surface area (Å²) in [4.78, 5) is 11.9. The number of nitrogens with one attached hydrogen (secondary N) is 1. The van der Waals surface area contributed by atoms with Gasteiger partial charge in [-0.2, -0.15) is 0 Å². The van der Waals surface area contributed by atoms with Crippen molar-refractivity contribution in [2.75, 3.05) is 13.1 Å². The molecule has 1 saturated carbocycles. The molecule has 1 aliphatic carbocycles. The average Bonchev–Trinajstić information content (AvgIpc) is 2.36. The standard InChI is InChI=1S/C15H30N2O2/c1-12(2)8-13(10-16)9-14(18)17-11-15(19)6-4-3-5-7-15/h12-13,19H,3-11,16H2,1-2H3,(H,17,18)/t13-/m0/s1. The van der Waals surface area contributed by atoms with Crippen LogP contribution in [-0.4, -0.2) is 29.7 Å². The summed E-state index contributed by atoms with van der Waals surface area (Å²) in [6.07, 6.45) is 6.38. The summed E-state index contributed by atoms with van der Waals surface area (Å²) in [5.74, 6) is 0.833. The van der Waals surface area contributed by atoms with E-state index in [1.807, 2.05) is 0 Å². The van der Waals surface area contributed by atoms with E-state index in [9.17, 15) is 9.90 Å². The van der Waals surface area contributed by atoms with Crippen LogP contribution >= 0.6 is 0 Å². The maximum Gasteiger partial charge on any atom is 0.220 e. The molecule has 1 atom stereocenters. The maximum atomic E-state index is 11.9. The van der Waals surface area contributed by atoms with E-state index in [1.165, 1.54) is 6.42 Å². The number of amides is 1. The summed E-state index contributed by atoms with van der Waals surface area (Å²) < 4.78 is 0. The predicted octanol–water partition coefficient (Wildman–Crippen LogP) is 1.81. The molecule has 0 heterocycles. The Morgan fingerprint density at radius 3 is 2.47 bits per heavy atom. The fourth-order valence-corrected chi connectivity index (χ4v) is 2.91. The Kier molecular flexibility index (Phi) is 6.80. The van der Waals surface area contributed by atoms with Crippen molar-refractivity contribution in [3.05, 3.63) is 0 Å². The molecule has 0 unspecified atom stereocenters. The van der Waals surface area contributed by atoms with E-state index >= 15 is 0 Å². The Morgan fingerprint density at radius 1 is 1.32 bits per heavy atom. The number of hydrogen-bond donors (Lipinski definition) is 3. The Balaban J connectivity index is 2.29. The molecule has 4 nitrogen and oxygen atoms in total. The van der Waals surface area contributed by atoms with E-state index in [0.717, 1.165) is 32.1 Å². The molecular formula is C15H30N2O2. The zero-order valence-corrected chi connectivity index (χ0v) is 12.5. The Hall–Kier alpha value is -0.610. The molecule has 0 aromatic rings. The lowest BCUT2D eigenvalue weighted by atomic mass is 9.85. The number of rotatable bonds is 7. The fraction of sp³-hybridized carbons (Fsp3) is 0.933. The van der Waals surface area contributed by atoms with Gasteiger partial charge in [-0.3, -0.25) is 4.79 Å². The molecule has 0 saturated heterocycles. The molecule has 0 spiro atoms. The number of hydrogen-bond acceptors (Lipinski definition) is 3. The third-order valence-corrected chi connectivity index (χ3v) is 4.01. The zero-order chi connectivity index (χ0) is 14.3. The minimum absolute atomic E-state index is 0.0232. The average molecular weight is 270 g/mol. The van der Waals surface area contributed by atoms with E-state index in [0.29, 0.717) is 25.4 Å². The Bertz CT molecular complexity index is 273. The third-order valence-electron chi connectivity index (χ3n) is 4.01. The highest BCUT2D eigenvalue weighted by molar-refractivity contribution is 5.76. The van der Waals surface area contributed by atoms with Crippen LogP contribution in [0, 0.1) is 11.8 Å². The second kappa shape index (κ2) is 7.85. The molecule has 1 aliphatic rings. The first-order valence-electron chi connectivity index (χ1n) is 7.64. The smallest absolute Gasteiger partial charge is 0.220 e. The van der Waals surface area contributed by atoms with Crippen LogP contribution in [-0.2, 0) is 4.79 Å². The molecule has 0 aliphatic heterocycles. The van der Waals surface area contributed by atoms with Crippen molar-refractivity contribution in [1.82, 2.24) is 5.32 Å². The number of carbonyl (C=O) groups excluding carboxylic acids is 1. The first-order chi connectivity index (χ1) is 8.95. The van der Waals surface area contributed by atoms with E-state index in [-0.39, 0.29) is 11.8 Å². The lowest BCUT2D eigenvalue weighted by molar-refractivity contribution is -0.123. The highest BCUT2D eigenvalue weighted by Crippen LogP contribution is 2.27. The normalized spacial score (nSPS) is 20.3. The highest BCUT2D eigenvalue weighted by Gasteiger charge is 2.29. The maximum absolute atomic E-state index is 11.9. The van der Waals surface area contributed by atoms with Gasteiger partial charge in [0, 0.05) is 13.0 Å². The summed E-state index contributed by atoms with van der Waals surface area (Å²) in [5, 5.41) is 13.2. The van der Waals surface area contributed by atoms with E-state index in [2.05, 4.69) is 19.2 Å². The summed E-state index contributed by atoms with van der Waals surface area (Å²) >= 11 is 0. The van der Waals surface area contributed by atoms with Crippen LogP contribution in [0.25, 0.3) is 0 Å². The fourth-order valence-electron chi connectivity index (χ4n) is 2.91. The van der Waals surface area contributed by atoms with Crippen LogP contribution < -0.4 is 11.1 Å². The minimum Gasteiger partial charge on any atom is -0.388 e. The van der Waals surface area contributed by atoms with Gasteiger partial charge in [-0.25, -0.2) is 0 Å². The van der Waals surface area contributed by atoms with Crippen LogP contribution in [0.15, 0.2) is 0 Å². The largest absolute Gasteiger partial charge is 0.388 e. The Labute approximate surface area is 117 Å². The van der Waals surface area contributed by atoms with Gasteiger partial charge in [0.05, 0.1) is 5.60 Å². The summed E-state index contributed by atoms with van der Waals surface area (Å²) in [5.41, 5.74) is 5.03. The monoisotopic (exact) mass is 270 g/mol. The van der Waals surface area contributed by atoms with Crippen molar-refractivity contribution in [2.45, 2.75) is 64.4 Å². The van der Waals surface area contributed by atoms with Crippen LogP contribution in [0.2, 0.25) is 0 Å². The van der Waals surface area contributed by atoms with Crippen molar-refractivity contribution in [3.63, 3.8) is 0 Å². The first kappa shape index (κ1) is 16.4. The molecule has 4 N–H and O–H groups in total. The molecule has 0 aromatic heterocycles. The molecule has 1 rings (SSSR count). The molecule has 0 radical (unpaired) electrons. The van der Waals surface area contributed by atoms with Crippen LogP contribution in [0.1, 0.15) is 58.8 Å². The molecule has 1 amide bonds. The van der Waals surface area contributed by atoms with Crippen molar-refractivity contribution in [3.8, 4) is 0 Å². The van der Waals surface area contributed by atoms with Gasteiger partial charge in [0.15, 0.2) is 0 Å². The van der Waals surface area contributed by atoms with Crippen molar-refractivity contribution >= 4 is 5.91 Å². The lowest BCUT2D eigenvalue weighted by Gasteiger charge is -2.32. The van der Waals surface area contributed by atoms with E-state index < -0.39 is 5.60 Å². The van der Waals surface area contributed by atoms with Gasteiger partial charge < -0.3 is 16.2 Å². The van der Waals surface area contributed by atoms with E-state index in [1.54, 1.807) is 0 Å². The molecule has 4 heteroatoms. The van der Waals surface area contributed by atoms with Gasteiger partial charge in [0.25, 0.3) is 0 Å². The van der Waals surface area contributed by atoms with Crippen molar-refractivity contribution in [1.29, 1.82) is 0 Å². The SMILES string of the molecule is CC(C)C[C@H](CN)CC(=O)NCC1(O)CCCCC1. The zero-order valence-electron chi connectivity index (χ0n) is 12.5. The topological polar surface area (TPSA) is 75.4 Å². The van der Waals surface area contributed by atoms with Gasteiger partial charge in [-0.05, 0) is 37.6 Å². The van der Waals surface area contributed by atoms with E-state index in [4.69, 9.17) is 5.73 Å². The quantitative estimate of drug-likeness (QED) is 0.660. The van der Waals surface area contributed by atoms with Crippen LogP contribution in [0.4, 0.5) is 0 Å². The predicted molar refractivity (Wildman–Crippen MR) is 77.7 cm³/mol. The highest BCUT2D eigenvalue weighted by atomic mass is 16.3. The van der Waals surface area contributed by atoms with Gasteiger partial charge in [0.2, 0.25) is 5.91 Å². The summed E-state index contributed by atoms with van der Waals surface area (Å²) in [7, 11) is 0. The first-order valence-corrected chi connectivity index (χ1v) is 7.64. The molecule has 19 heavy (non-hydrogen) atoms.